The summed E-state index contributed by atoms with van der Waals surface area (Å²) < 4.78 is 11.6. The first kappa shape index (κ1) is 17.8. The third-order valence-corrected chi connectivity index (χ3v) is 4.42. The molecule has 0 fully saturated rings. The summed E-state index contributed by atoms with van der Waals surface area (Å²) in [5.41, 5.74) is 2.68. The molecular weight excluding hydrogens is 358 g/mol. The Balaban J connectivity index is 1.49. The molecule has 1 aliphatic rings. The summed E-state index contributed by atoms with van der Waals surface area (Å²) in [4.78, 5) is 21.2. The zero-order valence-electron chi connectivity index (χ0n) is 15.3. The van der Waals surface area contributed by atoms with Crippen molar-refractivity contribution in [3.63, 3.8) is 0 Å². The van der Waals surface area contributed by atoms with Crippen LogP contribution in [-0.4, -0.2) is 27.7 Å². The van der Waals surface area contributed by atoms with Crippen LogP contribution in [0, 0.1) is 6.92 Å². The minimum Gasteiger partial charge on any atom is -0.473 e. The molecule has 7 heteroatoms. The molecule has 0 saturated heterocycles. The van der Waals surface area contributed by atoms with Gasteiger partial charge in [0.05, 0.1) is 11.8 Å². The third kappa shape index (κ3) is 3.88. The minimum atomic E-state index is -0.945. The van der Waals surface area contributed by atoms with Crippen LogP contribution >= 0.6 is 0 Å². The summed E-state index contributed by atoms with van der Waals surface area (Å²) >= 11 is 0. The van der Waals surface area contributed by atoms with E-state index in [9.17, 15) is 9.90 Å². The van der Waals surface area contributed by atoms with Gasteiger partial charge in [0.15, 0.2) is 0 Å². The Kier molecular flexibility index (Phi) is 4.80. The molecular formula is C21H19N3O4. The van der Waals surface area contributed by atoms with Gasteiger partial charge in [0, 0.05) is 6.54 Å². The molecule has 0 saturated carbocycles. The van der Waals surface area contributed by atoms with Crippen LogP contribution in [0.15, 0.2) is 54.6 Å². The van der Waals surface area contributed by atoms with Crippen molar-refractivity contribution in [2.75, 3.05) is 11.4 Å². The Morgan fingerprint density at radius 2 is 1.89 bits per heavy atom. The van der Waals surface area contributed by atoms with Crippen LogP contribution in [0.25, 0.3) is 0 Å². The summed E-state index contributed by atoms with van der Waals surface area (Å²) in [5, 5.41) is 9.22. The first-order valence-electron chi connectivity index (χ1n) is 8.92. The molecule has 1 aliphatic heterocycles. The van der Waals surface area contributed by atoms with E-state index < -0.39 is 6.09 Å². The van der Waals surface area contributed by atoms with E-state index in [1.807, 2.05) is 36.4 Å². The smallest absolute Gasteiger partial charge is 0.411 e. The minimum absolute atomic E-state index is 0.378. The molecule has 1 N–H and O–H groups in total. The number of aryl methyl sites for hydroxylation is 1. The molecule has 0 atom stereocenters. The van der Waals surface area contributed by atoms with Crippen molar-refractivity contribution in [1.29, 1.82) is 0 Å². The van der Waals surface area contributed by atoms with Gasteiger partial charge in [0.2, 0.25) is 11.8 Å². The van der Waals surface area contributed by atoms with Gasteiger partial charge >= 0.3 is 6.09 Å². The number of carboxylic acid groups (broad SMARTS) is 1. The van der Waals surface area contributed by atoms with Crippen molar-refractivity contribution >= 4 is 11.8 Å². The molecule has 0 radical (unpaired) electrons. The second kappa shape index (κ2) is 7.56. The first-order chi connectivity index (χ1) is 13.6. The van der Waals surface area contributed by atoms with Crippen LogP contribution in [-0.2, 0) is 13.0 Å². The fourth-order valence-electron chi connectivity index (χ4n) is 3.13. The van der Waals surface area contributed by atoms with Gasteiger partial charge in [0.25, 0.3) is 0 Å². The molecule has 0 unspecified atom stereocenters. The lowest BCUT2D eigenvalue weighted by atomic mass is 10.1. The molecule has 142 valence electrons. The number of hydrogen-bond donors (Lipinski definition) is 1. The van der Waals surface area contributed by atoms with Gasteiger partial charge in [-0.25, -0.2) is 4.79 Å². The average molecular weight is 377 g/mol. The number of benzene rings is 2. The van der Waals surface area contributed by atoms with Crippen molar-refractivity contribution < 1.29 is 19.4 Å². The Bertz CT molecular complexity index is 1010. The number of rotatable bonds is 5. The van der Waals surface area contributed by atoms with E-state index in [0.29, 0.717) is 48.6 Å². The predicted octanol–water partition coefficient (Wildman–Crippen LogP) is 4.20. The molecule has 7 nitrogen and oxygen atoms in total. The third-order valence-electron chi connectivity index (χ3n) is 4.42. The molecule has 3 aromatic rings. The zero-order chi connectivity index (χ0) is 19.5. The second-order valence-electron chi connectivity index (χ2n) is 6.44. The number of fused-ring (bicyclic) bond motifs is 1. The number of ether oxygens (including phenoxy) is 2. The lowest BCUT2D eigenvalue weighted by Crippen LogP contribution is -2.26. The van der Waals surface area contributed by atoms with Crippen LogP contribution in [0.5, 0.6) is 17.5 Å². The number of carbonyl (C=O) groups is 1. The summed E-state index contributed by atoms with van der Waals surface area (Å²) in [6.07, 6.45) is -0.286. The summed E-state index contributed by atoms with van der Waals surface area (Å²) in [6.45, 7) is 2.63. The van der Waals surface area contributed by atoms with Crippen molar-refractivity contribution in [1.82, 2.24) is 9.97 Å². The van der Waals surface area contributed by atoms with E-state index in [4.69, 9.17) is 9.47 Å². The summed E-state index contributed by atoms with van der Waals surface area (Å²) in [7, 11) is 0. The van der Waals surface area contributed by atoms with Crippen LogP contribution < -0.4 is 14.4 Å². The Morgan fingerprint density at radius 1 is 1.11 bits per heavy atom. The Hall–Kier alpha value is -3.61. The number of aromatic nitrogens is 2. The van der Waals surface area contributed by atoms with Crippen LogP contribution in [0.4, 0.5) is 10.5 Å². The average Bonchev–Trinajstić information content (AvgIpc) is 3.10. The van der Waals surface area contributed by atoms with E-state index in [0.717, 1.165) is 11.1 Å². The van der Waals surface area contributed by atoms with E-state index in [1.54, 1.807) is 25.1 Å². The number of nitrogens with zero attached hydrogens (tertiary/aromatic N) is 3. The second-order valence-corrected chi connectivity index (χ2v) is 6.44. The molecule has 2 heterocycles. The van der Waals surface area contributed by atoms with Gasteiger partial charge < -0.3 is 14.6 Å². The zero-order valence-corrected chi connectivity index (χ0v) is 15.3. The summed E-state index contributed by atoms with van der Waals surface area (Å²) in [6, 6.07) is 16.8. The van der Waals surface area contributed by atoms with Gasteiger partial charge in [-0.05, 0) is 42.7 Å². The van der Waals surface area contributed by atoms with Gasteiger partial charge in [-0.2, -0.15) is 9.97 Å². The lowest BCUT2D eigenvalue weighted by Gasteiger charge is -2.13. The molecule has 28 heavy (non-hydrogen) atoms. The van der Waals surface area contributed by atoms with Crippen LogP contribution in [0.2, 0.25) is 0 Å². The topological polar surface area (TPSA) is 84.8 Å². The number of hydrogen-bond acceptors (Lipinski definition) is 5. The monoisotopic (exact) mass is 377 g/mol. The molecule has 0 aliphatic carbocycles. The first-order valence-corrected chi connectivity index (χ1v) is 8.92. The van der Waals surface area contributed by atoms with Gasteiger partial charge in [0.1, 0.15) is 18.2 Å². The van der Waals surface area contributed by atoms with Crippen LogP contribution in [0.3, 0.4) is 0 Å². The maximum atomic E-state index is 11.2. The number of anilines is 1. The Morgan fingerprint density at radius 3 is 2.68 bits per heavy atom. The van der Waals surface area contributed by atoms with Gasteiger partial charge in [-0.3, -0.25) is 4.90 Å². The lowest BCUT2D eigenvalue weighted by molar-refractivity contribution is 0.202. The summed E-state index contributed by atoms with van der Waals surface area (Å²) in [5.74, 6) is 1.95. The van der Waals surface area contributed by atoms with Crippen molar-refractivity contribution in [3.8, 4) is 17.5 Å². The normalized spacial score (nSPS) is 12.5. The van der Waals surface area contributed by atoms with Crippen LogP contribution in [0.1, 0.15) is 17.0 Å². The van der Waals surface area contributed by atoms with Crippen molar-refractivity contribution in [3.05, 3.63) is 71.5 Å². The molecule has 4 rings (SSSR count). The molecule has 0 spiro atoms. The number of amides is 1. The molecule has 1 amide bonds. The van der Waals surface area contributed by atoms with E-state index in [1.165, 1.54) is 4.90 Å². The molecule has 1 aromatic heterocycles. The highest BCUT2D eigenvalue weighted by molar-refractivity contribution is 5.89. The highest BCUT2D eigenvalue weighted by Crippen LogP contribution is 2.33. The van der Waals surface area contributed by atoms with Crippen molar-refractivity contribution in [2.24, 2.45) is 0 Å². The van der Waals surface area contributed by atoms with E-state index in [-0.39, 0.29) is 0 Å². The Labute approximate surface area is 162 Å². The van der Waals surface area contributed by atoms with Gasteiger partial charge in [-0.1, -0.05) is 30.3 Å². The maximum Gasteiger partial charge on any atom is 0.411 e. The SMILES string of the molecule is Cc1nc(OCc2ccccc2)cc(Oc2ccc3c(c2)CCN3C(=O)O)n1. The quantitative estimate of drug-likeness (QED) is 0.717. The highest BCUT2D eigenvalue weighted by Gasteiger charge is 2.24. The fourth-order valence-corrected chi connectivity index (χ4v) is 3.13. The standard InChI is InChI=1S/C21H19N3O4/c1-14-22-19(27-13-15-5-3-2-4-6-15)12-20(23-14)28-17-7-8-18-16(11-17)9-10-24(18)21(25)26/h2-8,11-12H,9-10,13H2,1H3,(H,25,26). The predicted molar refractivity (Wildman–Crippen MR) is 103 cm³/mol. The highest BCUT2D eigenvalue weighted by atomic mass is 16.5. The van der Waals surface area contributed by atoms with Gasteiger partial charge in [-0.15, -0.1) is 0 Å². The fraction of sp³-hybridized carbons (Fsp3) is 0.190. The molecule has 0 bridgehead atoms. The largest absolute Gasteiger partial charge is 0.473 e. The van der Waals surface area contributed by atoms with E-state index in [2.05, 4.69) is 9.97 Å². The van der Waals surface area contributed by atoms with Crippen molar-refractivity contribution in [2.45, 2.75) is 20.0 Å². The maximum absolute atomic E-state index is 11.2. The molecule has 2 aromatic carbocycles. The van der Waals surface area contributed by atoms with E-state index >= 15 is 0 Å².